The molecule has 1 aromatic heterocycles. The Morgan fingerprint density at radius 3 is 2.39 bits per heavy atom. The maximum atomic E-state index is 12.6. The first-order chi connectivity index (χ1) is 13.2. The molecule has 2 aromatic carbocycles. The summed E-state index contributed by atoms with van der Waals surface area (Å²) in [4.78, 5) is 12.6. The molecule has 0 aliphatic rings. The molecule has 8 heteroatoms. The normalized spacial score (nSPS) is 11.2. The molecule has 3 aromatic rings. The first-order valence-electron chi connectivity index (χ1n) is 8.41. The van der Waals surface area contributed by atoms with E-state index in [0.29, 0.717) is 44.7 Å². The first-order valence-corrected chi connectivity index (χ1v) is 10.3. The Morgan fingerprint density at radius 1 is 1.21 bits per heavy atom. The van der Waals surface area contributed by atoms with Gasteiger partial charge in [0.25, 0.3) is 5.91 Å². The number of amides is 1. The summed E-state index contributed by atoms with van der Waals surface area (Å²) in [6.45, 7) is 1.78. The van der Waals surface area contributed by atoms with Crippen LogP contribution in [0.2, 0.25) is 0 Å². The van der Waals surface area contributed by atoms with Crippen molar-refractivity contribution in [2.24, 2.45) is 0 Å². The second-order valence-corrected chi connectivity index (χ2v) is 8.45. The first kappa shape index (κ1) is 19.5. The van der Waals surface area contributed by atoms with Gasteiger partial charge >= 0.3 is 0 Å². The fourth-order valence-corrected chi connectivity index (χ4v) is 3.56. The van der Waals surface area contributed by atoms with Crippen LogP contribution >= 0.6 is 0 Å². The number of fused-ring (bicyclic) bond motifs is 1. The molecule has 28 heavy (non-hydrogen) atoms. The second kappa shape index (κ2) is 7.02. The highest BCUT2D eigenvalue weighted by molar-refractivity contribution is 7.92. The summed E-state index contributed by atoms with van der Waals surface area (Å²) in [5.74, 6) is 0.0409. The lowest BCUT2D eigenvalue weighted by Crippen LogP contribution is -2.25. The number of nitrogens with zero attached hydrogens (tertiary/aromatic N) is 2. The van der Waals surface area contributed by atoms with E-state index in [1.165, 1.54) is 18.4 Å². The predicted octanol–water partition coefficient (Wildman–Crippen LogP) is 3.04. The fourth-order valence-electron chi connectivity index (χ4n) is 3.01. The summed E-state index contributed by atoms with van der Waals surface area (Å²) < 4.78 is 31.0. The fraction of sp³-hybridized carbons (Fsp3) is 0.200. The molecule has 0 saturated heterocycles. The molecule has 0 bridgehead atoms. The van der Waals surface area contributed by atoms with Gasteiger partial charge < -0.3 is 9.73 Å². The maximum Gasteiger partial charge on any atom is 0.255 e. The van der Waals surface area contributed by atoms with Gasteiger partial charge in [-0.15, -0.1) is 0 Å². The van der Waals surface area contributed by atoms with E-state index in [2.05, 4.69) is 5.32 Å². The van der Waals surface area contributed by atoms with E-state index in [1.807, 2.05) is 6.07 Å². The van der Waals surface area contributed by atoms with E-state index in [-0.39, 0.29) is 5.91 Å². The van der Waals surface area contributed by atoms with E-state index in [0.717, 1.165) is 6.26 Å². The van der Waals surface area contributed by atoms with E-state index >= 15 is 0 Å². The number of rotatable bonds is 4. The number of sulfonamides is 1. The number of benzene rings is 2. The lowest BCUT2D eigenvalue weighted by Gasteiger charge is -2.18. The van der Waals surface area contributed by atoms with E-state index in [9.17, 15) is 13.2 Å². The van der Waals surface area contributed by atoms with Crippen LogP contribution in [0.25, 0.3) is 22.3 Å². The maximum absolute atomic E-state index is 12.6. The molecular weight excluding hydrogens is 378 g/mol. The van der Waals surface area contributed by atoms with Crippen molar-refractivity contribution in [1.29, 1.82) is 5.26 Å². The van der Waals surface area contributed by atoms with Crippen LogP contribution in [0.1, 0.15) is 21.5 Å². The standard InChI is InChI=1S/C20H19N3O4S/c1-12-9-15-17(10-16(12)23(3)28(4,25)26)27-19(18(15)20(24)22-2)14-7-5-13(11-21)6-8-14/h5-10H,1-4H3,(H,22,24). The van der Waals surface area contributed by atoms with Crippen LogP contribution in [0.3, 0.4) is 0 Å². The molecule has 0 saturated carbocycles. The SMILES string of the molecule is CNC(=O)c1c(-c2ccc(C#N)cc2)oc2cc(N(C)S(C)(=O)=O)c(C)cc12. The number of carbonyl (C=O) groups excluding carboxylic acids is 1. The predicted molar refractivity (Wildman–Crippen MR) is 108 cm³/mol. The number of nitriles is 1. The zero-order valence-corrected chi connectivity index (χ0v) is 16.7. The summed E-state index contributed by atoms with van der Waals surface area (Å²) in [6.07, 6.45) is 1.12. The van der Waals surface area contributed by atoms with Crippen molar-refractivity contribution < 1.29 is 17.6 Å². The van der Waals surface area contributed by atoms with Crippen molar-refractivity contribution in [3.8, 4) is 17.4 Å². The molecule has 3 rings (SSSR count). The van der Waals surface area contributed by atoms with Gasteiger partial charge in [-0.05, 0) is 42.8 Å². The van der Waals surface area contributed by atoms with Crippen LogP contribution in [-0.2, 0) is 10.0 Å². The van der Waals surface area contributed by atoms with Crippen molar-refractivity contribution in [3.63, 3.8) is 0 Å². The van der Waals surface area contributed by atoms with Gasteiger partial charge in [-0.2, -0.15) is 5.26 Å². The lowest BCUT2D eigenvalue weighted by molar-refractivity contribution is 0.0964. The summed E-state index contributed by atoms with van der Waals surface area (Å²) in [7, 11) is -0.453. The second-order valence-electron chi connectivity index (χ2n) is 6.44. The zero-order valence-electron chi connectivity index (χ0n) is 15.9. The summed E-state index contributed by atoms with van der Waals surface area (Å²) in [5, 5.41) is 12.2. The molecule has 1 amide bonds. The van der Waals surface area contributed by atoms with Crippen LogP contribution in [0, 0.1) is 18.3 Å². The molecule has 144 valence electrons. The Hall–Kier alpha value is -3.31. The minimum Gasteiger partial charge on any atom is -0.455 e. The zero-order chi connectivity index (χ0) is 20.6. The average Bonchev–Trinajstić information content (AvgIpc) is 3.03. The highest BCUT2D eigenvalue weighted by Crippen LogP contribution is 2.37. The molecule has 1 heterocycles. The van der Waals surface area contributed by atoms with Crippen LogP contribution in [0.5, 0.6) is 0 Å². The molecule has 0 spiro atoms. The van der Waals surface area contributed by atoms with Crippen molar-refractivity contribution in [2.75, 3.05) is 24.7 Å². The topological polar surface area (TPSA) is 103 Å². The molecule has 0 aliphatic carbocycles. The van der Waals surface area contributed by atoms with Gasteiger partial charge in [-0.3, -0.25) is 9.10 Å². The number of aryl methyl sites for hydroxylation is 1. The molecule has 0 aliphatic heterocycles. The quantitative estimate of drug-likeness (QED) is 0.729. The minimum absolute atomic E-state index is 0.318. The number of furan rings is 1. The third-order valence-corrected chi connectivity index (χ3v) is 5.77. The summed E-state index contributed by atoms with van der Waals surface area (Å²) in [5.41, 5.74) is 3.06. The van der Waals surface area contributed by atoms with Gasteiger partial charge in [0.05, 0.1) is 29.1 Å². The number of anilines is 1. The molecular formula is C20H19N3O4S. The van der Waals surface area contributed by atoms with E-state index in [4.69, 9.17) is 9.68 Å². The van der Waals surface area contributed by atoms with Gasteiger partial charge in [0.15, 0.2) is 0 Å². The molecule has 1 N–H and O–H groups in total. The van der Waals surface area contributed by atoms with Gasteiger partial charge in [-0.25, -0.2) is 8.42 Å². The Balaban J connectivity index is 2.29. The number of carbonyl (C=O) groups is 1. The molecule has 0 unspecified atom stereocenters. The molecule has 0 fully saturated rings. The smallest absolute Gasteiger partial charge is 0.255 e. The molecule has 0 radical (unpaired) electrons. The van der Waals surface area contributed by atoms with Crippen LogP contribution in [0.15, 0.2) is 40.8 Å². The lowest BCUT2D eigenvalue weighted by atomic mass is 10.0. The summed E-state index contributed by atoms with van der Waals surface area (Å²) in [6, 6.07) is 12.1. The van der Waals surface area contributed by atoms with Crippen LogP contribution < -0.4 is 9.62 Å². The van der Waals surface area contributed by atoms with Crippen molar-refractivity contribution in [2.45, 2.75) is 6.92 Å². The van der Waals surface area contributed by atoms with Crippen molar-refractivity contribution in [3.05, 3.63) is 53.1 Å². The largest absolute Gasteiger partial charge is 0.455 e. The van der Waals surface area contributed by atoms with E-state index < -0.39 is 10.0 Å². The van der Waals surface area contributed by atoms with Crippen molar-refractivity contribution >= 4 is 32.6 Å². The van der Waals surface area contributed by atoms with Gasteiger partial charge in [0, 0.05) is 31.1 Å². The third-order valence-electron chi connectivity index (χ3n) is 4.57. The van der Waals surface area contributed by atoms with Gasteiger partial charge in [0.1, 0.15) is 11.3 Å². The Labute approximate surface area is 163 Å². The number of hydrogen-bond acceptors (Lipinski definition) is 5. The van der Waals surface area contributed by atoms with Gasteiger partial charge in [-0.1, -0.05) is 0 Å². The third kappa shape index (κ3) is 3.32. The Kier molecular flexibility index (Phi) is 4.87. The van der Waals surface area contributed by atoms with Crippen molar-refractivity contribution in [1.82, 2.24) is 5.32 Å². The summed E-state index contributed by atoms with van der Waals surface area (Å²) >= 11 is 0. The number of hydrogen-bond donors (Lipinski definition) is 1. The van der Waals surface area contributed by atoms with E-state index in [1.54, 1.807) is 43.3 Å². The minimum atomic E-state index is -3.45. The molecule has 0 atom stereocenters. The van der Waals surface area contributed by atoms with Gasteiger partial charge in [0.2, 0.25) is 10.0 Å². The number of nitrogens with one attached hydrogen (secondary N) is 1. The molecule has 7 nitrogen and oxygen atoms in total. The highest BCUT2D eigenvalue weighted by Gasteiger charge is 2.24. The van der Waals surface area contributed by atoms with Crippen LogP contribution in [0.4, 0.5) is 5.69 Å². The highest BCUT2D eigenvalue weighted by atomic mass is 32.2. The average molecular weight is 397 g/mol. The Morgan fingerprint density at radius 2 is 1.86 bits per heavy atom. The Bertz CT molecular complexity index is 1220. The van der Waals surface area contributed by atoms with Crippen LogP contribution in [-0.4, -0.2) is 34.7 Å². The monoisotopic (exact) mass is 397 g/mol.